The Morgan fingerprint density at radius 2 is 1.85 bits per heavy atom. The summed E-state index contributed by atoms with van der Waals surface area (Å²) < 4.78 is 7.45. The third-order valence-electron chi connectivity index (χ3n) is 4.14. The van der Waals surface area contributed by atoms with Crippen molar-refractivity contribution >= 4 is 5.69 Å². The number of aromatic nitrogens is 2. The summed E-state index contributed by atoms with van der Waals surface area (Å²) in [6, 6.07) is 14.4. The van der Waals surface area contributed by atoms with E-state index in [1.807, 2.05) is 44.4 Å². The van der Waals surface area contributed by atoms with Gasteiger partial charge < -0.3 is 10.1 Å². The van der Waals surface area contributed by atoms with E-state index in [2.05, 4.69) is 10.4 Å². The van der Waals surface area contributed by atoms with Crippen molar-refractivity contribution in [3.8, 4) is 17.0 Å². The molecule has 3 rings (SSSR count). The van der Waals surface area contributed by atoms with Crippen molar-refractivity contribution in [1.29, 1.82) is 0 Å². The lowest BCUT2D eigenvalue weighted by atomic mass is 10.1. The second-order valence-corrected chi connectivity index (χ2v) is 6.32. The summed E-state index contributed by atoms with van der Waals surface area (Å²) in [6.45, 7) is 3.94. The van der Waals surface area contributed by atoms with Gasteiger partial charge in [0.15, 0.2) is 0 Å². The second kappa shape index (κ2) is 8.46. The number of benzene rings is 2. The summed E-state index contributed by atoms with van der Waals surface area (Å²) in [4.78, 5) is 10.4. The molecule has 0 bridgehead atoms. The number of hydrogen-bond acceptors (Lipinski definition) is 5. The van der Waals surface area contributed by atoms with Crippen molar-refractivity contribution in [1.82, 2.24) is 15.1 Å². The first-order valence-electron chi connectivity index (χ1n) is 8.70. The van der Waals surface area contributed by atoms with Crippen LogP contribution < -0.4 is 10.1 Å². The molecule has 0 fully saturated rings. The van der Waals surface area contributed by atoms with E-state index >= 15 is 0 Å². The maximum Gasteiger partial charge on any atom is 0.269 e. The van der Waals surface area contributed by atoms with E-state index in [1.54, 1.807) is 16.8 Å². The molecule has 1 aromatic heterocycles. The minimum atomic E-state index is -0.404. The first kappa shape index (κ1) is 18.6. The molecule has 7 heteroatoms. The zero-order valence-electron chi connectivity index (χ0n) is 15.4. The number of nitrogens with one attached hydrogen (secondary N) is 1. The highest BCUT2D eigenvalue weighted by atomic mass is 16.6. The molecule has 0 spiro atoms. The Morgan fingerprint density at radius 1 is 1.15 bits per heavy atom. The predicted octanol–water partition coefficient (Wildman–Crippen LogP) is 3.47. The van der Waals surface area contributed by atoms with Gasteiger partial charge in [0, 0.05) is 49.6 Å². The lowest BCUT2D eigenvalue weighted by molar-refractivity contribution is -0.384. The Bertz CT molecular complexity index is 902. The molecule has 0 aliphatic heterocycles. The third-order valence-corrected chi connectivity index (χ3v) is 4.14. The van der Waals surface area contributed by atoms with Crippen LogP contribution >= 0.6 is 0 Å². The monoisotopic (exact) mass is 366 g/mol. The number of aryl methyl sites for hydroxylation is 2. The Balaban J connectivity index is 1.56. The number of nitrogens with zero attached hydrogens (tertiary/aromatic N) is 3. The van der Waals surface area contributed by atoms with Gasteiger partial charge in [0.05, 0.1) is 10.6 Å². The molecule has 1 N–H and O–H groups in total. The number of non-ortho nitro benzene ring substituents is 1. The first-order chi connectivity index (χ1) is 13.0. The molecule has 1 heterocycles. The van der Waals surface area contributed by atoms with Crippen molar-refractivity contribution in [3.05, 3.63) is 76.0 Å². The van der Waals surface area contributed by atoms with Crippen molar-refractivity contribution in [2.45, 2.75) is 13.5 Å². The summed E-state index contributed by atoms with van der Waals surface area (Å²) in [5, 5.41) is 18.6. The molecule has 0 radical (unpaired) electrons. The van der Waals surface area contributed by atoms with E-state index in [4.69, 9.17) is 4.74 Å². The second-order valence-electron chi connectivity index (χ2n) is 6.32. The van der Waals surface area contributed by atoms with Gasteiger partial charge in [-0.25, -0.2) is 0 Å². The van der Waals surface area contributed by atoms with E-state index in [-0.39, 0.29) is 5.69 Å². The lowest BCUT2D eigenvalue weighted by Crippen LogP contribution is -2.20. The molecule has 27 heavy (non-hydrogen) atoms. The lowest BCUT2D eigenvalue weighted by Gasteiger charge is -2.08. The van der Waals surface area contributed by atoms with Crippen molar-refractivity contribution in [3.63, 3.8) is 0 Å². The van der Waals surface area contributed by atoms with Gasteiger partial charge in [0.25, 0.3) is 5.69 Å². The number of nitro groups is 1. The van der Waals surface area contributed by atoms with Gasteiger partial charge in [-0.2, -0.15) is 5.10 Å². The van der Waals surface area contributed by atoms with Crippen molar-refractivity contribution in [2.24, 2.45) is 7.05 Å². The van der Waals surface area contributed by atoms with Gasteiger partial charge in [-0.05, 0) is 31.2 Å². The van der Waals surface area contributed by atoms with E-state index < -0.39 is 4.92 Å². The standard InChI is InChI=1S/C20H22N4O3/c1-15-3-9-19(10-4-15)27-12-11-21-13-17-14-23(2)22-20(17)16-5-7-18(8-6-16)24(25)26/h3-10,14,21H,11-13H2,1-2H3. The number of nitro benzene ring substituents is 1. The predicted molar refractivity (Wildman–Crippen MR) is 104 cm³/mol. The number of hydrogen-bond donors (Lipinski definition) is 1. The van der Waals surface area contributed by atoms with Gasteiger partial charge in [0.2, 0.25) is 0 Å². The van der Waals surface area contributed by atoms with Gasteiger partial charge >= 0.3 is 0 Å². The summed E-state index contributed by atoms with van der Waals surface area (Å²) in [5.74, 6) is 0.857. The van der Waals surface area contributed by atoms with Crippen molar-refractivity contribution in [2.75, 3.05) is 13.2 Å². The zero-order chi connectivity index (χ0) is 19.2. The van der Waals surface area contributed by atoms with Crippen LogP contribution in [0.1, 0.15) is 11.1 Å². The van der Waals surface area contributed by atoms with Gasteiger partial charge in [-0.3, -0.25) is 14.8 Å². The Labute approximate surface area is 157 Å². The minimum Gasteiger partial charge on any atom is -0.492 e. The molecule has 140 valence electrons. The fraction of sp³-hybridized carbons (Fsp3) is 0.250. The molecule has 0 aliphatic carbocycles. The van der Waals surface area contributed by atoms with Crippen LogP contribution in [0.5, 0.6) is 5.75 Å². The SMILES string of the molecule is Cc1ccc(OCCNCc2cn(C)nc2-c2ccc([N+](=O)[O-])cc2)cc1. The van der Waals surface area contributed by atoms with E-state index in [1.165, 1.54) is 17.7 Å². The fourth-order valence-corrected chi connectivity index (χ4v) is 2.75. The molecule has 0 saturated heterocycles. The Hall–Kier alpha value is -3.19. The molecule has 0 aliphatic rings. The molecule has 2 aromatic carbocycles. The molecular formula is C20H22N4O3. The molecule has 0 saturated carbocycles. The number of ether oxygens (including phenoxy) is 1. The van der Waals surface area contributed by atoms with Crippen LogP contribution in [0, 0.1) is 17.0 Å². The maximum atomic E-state index is 10.8. The summed E-state index contributed by atoms with van der Waals surface area (Å²) in [5.41, 5.74) is 3.98. The van der Waals surface area contributed by atoms with Crippen LogP contribution in [-0.4, -0.2) is 27.9 Å². The average Bonchev–Trinajstić information content (AvgIpc) is 3.03. The van der Waals surface area contributed by atoms with Gasteiger partial charge in [0.1, 0.15) is 12.4 Å². The van der Waals surface area contributed by atoms with Crippen LogP contribution in [0.3, 0.4) is 0 Å². The van der Waals surface area contributed by atoms with E-state index in [0.29, 0.717) is 19.7 Å². The van der Waals surface area contributed by atoms with Crippen LogP contribution in [0.25, 0.3) is 11.3 Å². The smallest absolute Gasteiger partial charge is 0.269 e. The average molecular weight is 366 g/mol. The third kappa shape index (κ3) is 4.92. The molecule has 0 amide bonds. The van der Waals surface area contributed by atoms with E-state index in [9.17, 15) is 10.1 Å². The van der Waals surface area contributed by atoms with Gasteiger partial charge in [-0.15, -0.1) is 0 Å². The molecular weight excluding hydrogens is 344 g/mol. The van der Waals surface area contributed by atoms with Crippen LogP contribution in [-0.2, 0) is 13.6 Å². The topological polar surface area (TPSA) is 82.2 Å². The van der Waals surface area contributed by atoms with Crippen LogP contribution in [0.2, 0.25) is 0 Å². The highest BCUT2D eigenvalue weighted by Gasteiger charge is 2.12. The first-order valence-corrected chi connectivity index (χ1v) is 8.70. The quantitative estimate of drug-likeness (QED) is 0.375. The summed E-state index contributed by atoms with van der Waals surface area (Å²) >= 11 is 0. The molecule has 7 nitrogen and oxygen atoms in total. The molecule has 0 atom stereocenters. The van der Waals surface area contributed by atoms with Crippen LogP contribution in [0.4, 0.5) is 5.69 Å². The zero-order valence-corrected chi connectivity index (χ0v) is 15.4. The largest absolute Gasteiger partial charge is 0.492 e. The summed E-state index contributed by atoms with van der Waals surface area (Å²) in [7, 11) is 1.86. The van der Waals surface area contributed by atoms with Crippen LogP contribution in [0.15, 0.2) is 54.7 Å². The fourth-order valence-electron chi connectivity index (χ4n) is 2.75. The Kier molecular flexibility index (Phi) is 5.83. The Morgan fingerprint density at radius 3 is 2.52 bits per heavy atom. The van der Waals surface area contributed by atoms with Gasteiger partial charge in [-0.1, -0.05) is 17.7 Å². The summed E-state index contributed by atoms with van der Waals surface area (Å²) in [6.07, 6.45) is 1.95. The number of rotatable bonds is 8. The molecule has 0 unspecified atom stereocenters. The normalized spacial score (nSPS) is 10.7. The van der Waals surface area contributed by atoms with E-state index in [0.717, 1.165) is 22.6 Å². The van der Waals surface area contributed by atoms with Crippen molar-refractivity contribution < 1.29 is 9.66 Å². The maximum absolute atomic E-state index is 10.8. The molecule has 3 aromatic rings. The highest BCUT2D eigenvalue weighted by molar-refractivity contribution is 5.64. The minimum absolute atomic E-state index is 0.0719. The highest BCUT2D eigenvalue weighted by Crippen LogP contribution is 2.24.